The fraction of sp³-hybridized carbons (Fsp3) is 1.00. The maximum atomic E-state index is 8.66. The summed E-state index contributed by atoms with van der Waals surface area (Å²) in [6, 6.07) is 0. The molecule has 1 N–H and O–H groups in total. The molecule has 0 radical (unpaired) electrons. The summed E-state index contributed by atoms with van der Waals surface area (Å²) in [7, 11) is 0. The molecule has 2 saturated heterocycles. The quantitative estimate of drug-likeness (QED) is 0.671. The Kier molecular flexibility index (Phi) is 3.79. The molecule has 82 valence electrons. The van der Waals surface area contributed by atoms with Crippen LogP contribution in [0.4, 0.5) is 0 Å². The Bertz CT molecular complexity index is 163. The number of fused-ring (bicyclic) bond motifs is 2. The van der Waals surface area contributed by atoms with Gasteiger partial charge in [-0.2, -0.15) is 0 Å². The summed E-state index contributed by atoms with van der Waals surface area (Å²) in [5, 5.41) is 8.66. The van der Waals surface area contributed by atoms with E-state index in [-0.39, 0.29) is 0 Å². The van der Waals surface area contributed by atoms with Gasteiger partial charge in [0.05, 0.1) is 12.2 Å². The average molecular weight is 199 g/mol. The first-order chi connectivity index (χ1) is 6.88. The average Bonchev–Trinajstić information content (AvgIpc) is 2.53. The standard InChI is InChI=1S/C11H21NO2/c13-7-3-1-2-6-12-8-10-4-5-11(9-12)14-10/h10-11,13H,1-9H2. The van der Waals surface area contributed by atoms with Gasteiger partial charge in [-0.1, -0.05) is 0 Å². The van der Waals surface area contributed by atoms with E-state index in [1.807, 2.05) is 0 Å². The van der Waals surface area contributed by atoms with Crippen molar-refractivity contribution < 1.29 is 9.84 Å². The lowest BCUT2D eigenvalue weighted by molar-refractivity contribution is -0.0386. The lowest BCUT2D eigenvalue weighted by Gasteiger charge is -2.31. The summed E-state index contributed by atoms with van der Waals surface area (Å²) in [5.74, 6) is 0. The molecule has 3 nitrogen and oxygen atoms in total. The predicted molar refractivity (Wildman–Crippen MR) is 55.3 cm³/mol. The van der Waals surface area contributed by atoms with Gasteiger partial charge in [-0.25, -0.2) is 0 Å². The molecule has 3 heteroatoms. The number of morpholine rings is 1. The molecule has 2 heterocycles. The zero-order chi connectivity index (χ0) is 9.80. The lowest BCUT2D eigenvalue weighted by atomic mass is 10.2. The number of hydrogen-bond acceptors (Lipinski definition) is 3. The smallest absolute Gasteiger partial charge is 0.0707 e. The number of aliphatic hydroxyl groups is 1. The lowest BCUT2D eigenvalue weighted by Crippen LogP contribution is -2.42. The van der Waals surface area contributed by atoms with E-state index >= 15 is 0 Å². The largest absolute Gasteiger partial charge is 0.396 e. The number of likely N-dealkylation sites (tertiary alicyclic amines) is 1. The fourth-order valence-electron chi connectivity index (χ4n) is 2.51. The van der Waals surface area contributed by atoms with Crippen LogP contribution in [-0.2, 0) is 4.74 Å². The number of nitrogens with zero attached hydrogens (tertiary/aromatic N) is 1. The number of rotatable bonds is 5. The van der Waals surface area contributed by atoms with Crippen LogP contribution in [0.5, 0.6) is 0 Å². The molecule has 2 aliphatic heterocycles. The first kappa shape index (κ1) is 10.4. The third-order valence-corrected chi connectivity index (χ3v) is 3.25. The highest BCUT2D eigenvalue weighted by Crippen LogP contribution is 2.26. The molecule has 0 aromatic carbocycles. The van der Waals surface area contributed by atoms with Crippen molar-refractivity contribution in [1.29, 1.82) is 0 Å². The zero-order valence-electron chi connectivity index (χ0n) is 8.82. The van der Waals surface area contributed by atoms with Crippen molar-refractivity contribution in [2.45, 2.75) is 44.3 Å². The van der Waals surface area contributed by atoms with Gasteiger partial charge in [0.2, 0.25) is 0 Å². The van der Waals surface area contributed by atoms with Gasteiger partial charge >= 0.3 is 0 Å². The van der Waals surface area contributed by atoms with Crippen LogP contribution in [0, 0.1) is 0 Å². The van der Waals surface area contributed by atoms with Gasteiger partial charge in [0, 0.05) is 19.7 Å². The maximum absolute atomic E-state index is 8.66. The van der Waals surface area contributed by atoms with Gasteiger partial charge in [-0.3, -0.25) is 4.90 Å². The zero-order valence-corrected chi connectivity index (χ0v) is 8.82. The first-order valence-electron chi connectivity index (χ1n) is 5.87. The summed E-state index contributed by atoms with van der Waals surface area (Å²) in [5.41, 5.74) is 0. The second-order valence-electron chi connectivity index (χ2n) is 4.50. The second kappa shape index (κ2) is 5.10. The SMILES string of the molecule is OCCCCCN1CC2CCC(C1)O2. The summed E-state index contributed by atoms with van der Waals surface area (Å²) in [6.07, 6.45) is 6.90. The van der Waals surface area contributed by atoms with E-state index in [4.69, 9.17) is 9.84 Å². The molecule has 0 aromatic rings. The minimum absolute atomic E-state index is 0.342. The highest BCUT2D eigenvalue weighted by Gasteiger charge is 2.32. The Morgan fingerprint density at radius 1 is 1.07 bits per heavy atom. The van der Waals surface area contributed by atoms with Crippen molar-refractivity contribution in [3.05, 3.63) is 0 Å². The first-order valence-corrected chi connectivity index (χ1v) is 5.87. The molecule has 0 saturated carbocycles. The summed E-state index contributed by atoms with van der Waals surface area (Å²) in [6.45, 7) is 3.80. The van der Waals surface area contributed by atoms with E-state index in [0.717, 1.165) is 25.9 Å². The van der Waals surface area contributed by atoms with Crippen molar-refractivity contribution in [3.8, 4) is 0 Å². The molecule has 14 heavy (non-hydrogen) atoms. The fourth-order valence-corrected chi connectivity index (χ4v) is 2.51. The third kappa shape index (κ3) is 2.69. The van der Waals surface area contributed by atoms with Crippen LogP contribution < -0.4 is 0 Å². The van der Waals surface area contributed by atoms with Crippen molar-refractivity contribution >= 4 is 0 Å². The van der Waals surface area contributed by atoms with E-state index in [1.165, 1.54) is 25.8 Å². The highest BCUT2D eigenvalue weighted by atomic mass is 16.5. The summed E-state index contributed by atoms with van der Waals surface area (Å²) in [4.78, 5) is 2.53. The Morgan fingerprint density at radius 3 is 2.43 bits per heavy atom. The van der Waals surface area contributed by atoms with Crippen LogP contribution in [0.15, 0.2) is 0 Å². The molecule has 0 amide bonds. The monoisotopic (exact) mass is 199 g/mol. The predicted octanol–water partition coefficient (Wildman–Crippen LogP) is 1.01. The third-order valence-electron chi connectivity index (χ3n) is 3.25. The molecular formula is C11H21NO2. The Balaban J connectivity index is 1.62. The van der Waals surface area contributed by atoms with Gasteiger partial charge in [-0.15, -0.1) is 0 Å². The van der Waals surface area contributed by atoms with E-state index in [9.17, 15) is 0 Å². The molecule has 2 rings (SSSR count). The Labute approximate surface area is 86.0 Å². The molecule has 2 bridgehead atoms. The topological polar surface area (TPSA) is 32.7 Å². The van der Waals surface area contributed by atoms with Crippen LogP contribution in [0.3, 0.4) is 0 Å². The van der Waals surface area contributed by atoms with Crippen molar-refractivity contribution in [3.63, 3.8) is 0 Å². The molecule has 2 atom stereocenters. The molecule has 0 aromatic heterocycles. The number of ether oxygens (including phenoxy) is 1. The van der Waals surface area contributed by atoms with Crippen LogP contribution in [0.25, 0.3) is 0 Å². The maximum Gasteiger partial charge on any atom is 0.0707 e. The van der Waals surface area contributed by atoms with Crippen molar-refractivity contribution in [2.75, 3.05) is 26.2 Å². The van der Waals surface area contributed by atoms with Crippen molar-refractivity contribution in [2.24, 2.45) is 0 Å². The minimum atomic E-state index is 0.342. The Hall–Kier alpha value is -0.120. The normalized spacial score (nSPS) is 32.4. The number of hydrogen-bond donors (Lipinski definition) is 1. The molecule has 0 spiro atoms. The second-order valence-corrected chi connectivity index (χ2v) is 4.50. The van der Waals surface area contributed by atoms with Crippen LogP contribution >= 0.6 is 0 Å². The minimum Gasteiger partial charge on any atom is -0.396 e. The van der Waals surface area contributed by atoms with Crippen LogP contribution in [-0.4, -0.2) is 48.5 Å². The van der Waals surface area contributed by atoms with E-state index < -0.39 is 0 Å². The van der Waals surface area contributed by atoms with Gasteiger partial charge in [0.15, 0.2) is 0 Å². The van der Waals surface area contributed by atoms with Gasteiger partial charge < -0.3 is 9.84 Å². The molecule has 2 aliphatic rings. The molecule has 2 fully saturated rings. The van der Waals surface area contributed by atoms with E-state index in [1.54, 1.807) is 0 Å². The van der Waals surface area contributed by atoms with E-state index in [0.29, 0.717) is 18.8 Å². The summed E-state index contributed by atoms with van der Waals surface area (Å²) >= 11 is 0. The van der Waals surface area contributed by atoms with Crippen molar-refractivity contribution in [1.82, 2.24) is 4.90 Å². The number of unbranched alkanes of at least 4 members (excludes halogenated alkanes) is 2. The molecule has 2 unspecified atom stereocenters. The van der Waals surface area contributed by atoms with Gasteiger partial charge in [-0.05, 0) is 38.6 Å². The highest BCUT2D eigenvalue weighted by molar-refractivity contribution is 4.84. The van der Waals surface area contributed by atoms with Crippen LogP contribution in [0.2, 0.25) is 0 Å². The molecule has 0 aliphatic carbocycles. The van der Waals surface area contributed by atoms with E-state index in [2.05, 4.69) is 4.90 Å². The summed E-state index contributed by atoms with van der Waals surface area (Å²) < 4.78 is 5.77. The number of aliphatic hydroxyl groups excluding tert-OH is 1. The van der Waals surface area contributed by atoms with Gasteiger partial charge in [0.25, 0.3) is 0 Å². The Morgan fingerprint density at radius 2 is 1.79 bits per heavy atom. The molecular weight excluding hydrogens is 178 g/mol. The van der Waals surface area contributed by atoms with Gasteiger partial charge in [0.1, 0.15) is 0 Å². The van der Waals surface area contributed by atoms with Crippen LogP contribution in [0.1, 0.15) is 32.1 Å².